The van der Waals surface area contributed by atoms with E-state index in [0.717, 1.165) is 32.9 Å². The van der Waals surface area contributed by atoms with Crippen LogP contribution in [0, 0.1) is 12.7 Å². The Hall–Kier alpha value is -3.96. The maximum atomic E-state index is 15.0. The molecule has 1 aliphatic carbocycles. The van der Waals surface area contributed by atoms with Gasteiger partial charge in [-0.15, -0.1) is 0 Å². The molecule has 254 valence electrons. The molecule has 0 spiro atoms. The summed E-state index contributed by atoms with van der Waals surface area (Å²) < 4.78 is 219. The first kappa shape index (κ1) is 18.2. The molecule has 5 rings (SSSR count). The number of carbonyl (C=O) groups excluding carboxylic acids is 1. The van der Waals surface area contributed by atoms with E-state index < -0.39 is 168 Å². The van der Waals surface area contributed by atoms with Crippen LogP contribution >= 0.6 is 11.8 Å². The number of hydrogen-bond acceptors (Lipinski definition) is 5. The van der Waals surface area contributed by atoms with Gasteiger partial charge in [0.25, 0.3) is 5.56 Å². The lowest BCUT2D eigenvalue weighted by Crippen LogP contribution is -2.40. The lowest BCUT2D eigenvalue weighted by atomic mass is 9.98. The highest BCUT2D eigenvalue weighted by atomic mass is 32.2. The second-order valence-electron chi connectivity index (χ2n) is 10.1. The van der Waals surface area contributed by atoms with Gasteiger partial charge in [0.05, 0.1) is 17.9 Å². The Labute approximate surface area is 309 Å². The monoisotopic (exact) mass is 699 g/mol. The first-order chi connectivity index (χ1) is 30.3. The molecule has 0 N–H and O–H groups in total. The fourth-order valence-electron chi connectivity index (χ4n) is 4.43. The highest BCUT2D eigenvalue weighted by molar-refractivity contribution is 7.98. The number of alkyl halides is 3. The molecule has 0 fully saturated rings. The number of carbonyl (C=O) groups is 1. The SMILES string of the molecule is [2H]c1c([2H])c(-c2c([2H])c([2H])c(C(F)(F)F)c(C)c2[2H])c([2H])c([2H])c1CN(CCN(C([2H])([2H])C)C([2H])([2H])C)C(=O)C([2H])([2H])n1c(SCc2ccc(F)cc2)nc(=O)c2c1C([2H])([2H])C([2H])([2H])C2([2H])[2H]. The standard InChI is InChI=1S/C37H40F4N4O2S/c1-4-43(5-2)19-20-44(22-26-9-13-28(14-10-26)29-15-18-32(25(3)21-29)37(39,40)41)34(46)23-45-33-8-6-7-31(33)35(47)42-36(45)48-24-27-11-16-30(38)17-12-27/h9-18,21H,4-8,19-20,22-24H2,1-3H3/i4D2,5D2,6D2,7D2,8D2,9D,10D,13D,14D,15D,18D,21D,23D2. The van der Waals surface area contributed by atoms with Crippen molar-refractivity contribution in [1.29, 1.82) is 0 Å². The van der Waals surface area contributed by atoms with Crippen LogP contribution in [0.3, 0.4) is 0 Å². The normalized spacial score (nSPS) is 22.6. The number of halogens is 4. The van der Waals surface area contributed by atoms with Gasteiger partial charge in [0.2, 0.25) is 5.91 Å². The van der Waals surface area contributed by atoms with Gasteiger partial charge in [-0.3, -0.25) is 9.59 Å². The van der Waals surface area contributed by atoms with Gasteiger partial charge in [-0.25, -0.2) is 4.39 Å². The topological polar surface area (TPSA) is 58.4 Å². The minimum atomic E-state index is -5.21. The predicted molar refractivity (Wildman–Crippen MR) is 181 cm³/mol. The van der Waals surface area contributed by atoms with E-state index in [-0.39, 0.29) is 10.3 Å². The summed E-state index contributed by atoms with van der Waals surface area (Å²) >= 11 is 0.471. The van der Waals surface area contributed by atoms with Crippen molar-refractivity contribution in [3.05, 3.63) is 116 Å². The average Bonchev–Trinajstić information content (AvgIpc) is 3.29. The number of hydrogen-bond donors (Lipinski definition) is 0. The smallest absolute Gasteiger partial charge is 0.336 e. The Morgan fingerprint density at radius 1 is 1.02 bits per heavy atom. The van der Waals surface area contributed by atoms with Gasteiger partial charge in [0.1, 0.15) is 12.3 Å². The molecule has 0 bridgehead atoms. The van der Waals surface area contributed by atoms with Gasteiger partial charge >= 0.3 is 6.18 Å². The molecule has 1 aromatic heterocycles. The largest absolute Gasteiger partial charge is 0.416 e. The summed E-state index contributed by atoms with van der Waals surface area (Å²) in [5.41, 5.74) is -8.88. The van der Waals surface area contributed by atoms with Crippen molar-refractivity contribution < 1.29 is 48.4 Å². The Morgan fingerprint density at radius 2 is 1.71 bits per heavy atom. The zero-order valence-electron chi connectivity index (χ0n) is 44.7. The minimum absolute atomic E-state index is 0.154. The van der Waals surface area contributed by atoms with Crippen molar-refractivity contribution >= 4 is 17.7 Å². The maximum absolute atomic E-state index is 15.0. The van der Waals surface area contributed by atoms with Gasteiger partial charge in [-0.05, 0) is 85.0 Å². The molecule has 1 amide bonds. The van der Waals surface area contributed by atoms with Crippen LogP contribution in [0.4, 0.5) is 17.6 Å². The lowest BCUT2D eigenvalue weighted by Gasteiger charge is -2.28. The molecule has 11 heteroatoms. The maximum Gasteiger partial charge on any atom is 0.416 e. The highest BCUT2D eigenvalue weighted by Crippen LogP contribution is 2.34. The van der Waals surface area contributed by atoms with Crippen molar-refractivity contribution in [2.24, 2.45) is 0 Å². The highest BCUT2D eigenvalue weighted by Gasteiger charge is 2.32. The fourth-order valence-corrected chi connectivity index (χ4v) is 5.33. The summed E-state index contributed by atoms with van der Waals surface area (Å²) in [7, 11) is 0. The van der Waals surface area contributed by atoms with Crippen molar-refractivity contribution in [2.75, 3.05) is 26.1 Å². The molecule has 1 heterocycles. The fraction of sp³-hybridized carbons (Fsp3) is 0.378. The van der Waals surface area contributed by atoms with Crippen molar-refractivity contribution in [3.63, 3.8) is 0 Å². The van der Waals surface area contributed by atoms with Crippen LogP contribution in [0.25, 0.3) is 11.1 Å². The van der Waals surface area contributed by atoms with E-state index in [9.17, 15) is 25.1 Å². The quantitative estimate of drug-likeness (QED) is 0.0821. The van der Waals surface area contributed by atoms with Crippen molar-refractivity contribution in [2.45, 2.75) is 70.0 Å². The average molecular weight is 700 g/mol. The van der Waals surface area contributed by atoms with E-state index in [2.05, 4.69) is 4.98 Å². The van der Waals surface area contributed by atoms with Crippen LogP contribution in [-0.4, -0.2) is 51.3 Å². The van der Waals surface area contributed by atoms with E-state index in [1.165, 1.54) is 12.1 Å². The van der Waals surface area contributed by atoms with Crippen LogP contribution in [0.2, 0.25) is 0 Å². The van der Waals surface area contributed by atoms with E-state index in [1.54, 1.807) is 0 Å². The Kier molecular flexibility index (Phi) is 5.86. The van der Waals surface area contributed by atoms with E-state index >= 15 is 4.79 Å². The summed E-state index contributed by atoms with van der Waals surface area (Å²) in [5, 5.41) is -0.827. The Morgan fingerprint density at radius 3 is 2.38 bits per heavy atom. The van der Waals surface area contributed by atoms with E-state index in [0.29, 0.717) is 27.1 Å². The van der Waals surface area contributed by atoms with Gasteiger partial charge < -0.3 is 14.4 Å². The molecule has 0 saturated carbocycles. The first-order valence-electron chi connectivity index (χ1n) is 23.7. The van der Waals surface area contributed by atoms with E-state index in [4.69, 9.17) is 23.3 Å². The number of aromatic nitrogens is 2. The van der Waals surface area contributed by atoms with Gasteiger partial charge in [-0.2, -0.15) is 18.2 Å². The molecule has 0 saturated heterocycles. The molecule has 0 atom stereocenters. The molecule has 0 unspecified atom stereocenters. The Balaban J connectivity index is 1.78. The molecule has 0 aliphatic heterocycles. The second-order valence-corrected chi connectivity index (χ2v) is 11.0. The van der Waals surface area contributed by atoms with Gasteiger partial charge in [0, 0.05) is 50.4 Å². The summed E-state index contributed by atoms with van der Waals surface area (Å²) in [6, 6.07) is -3.41. The second kappa shape index (κ2) is 15.5. The third kappa shape index (κ3) is 8.54. The van der Waals surface area contributed by atoms with Crippen LogP contribution in [0.15, 0.2) is 76.5 Å². The summed E-state index contributed by atoms with van der Waals surface area (Å²) in [5.74, 6) is -2.77. The minimum Gasteiger partial charge on any atom is -0.336 e. The summed E-state index contributed by atoms with van der Waals surface area (Å²) in [6.45, 7) is -9.13. The molecule has 6 nitrogen and oxygen atoms in total. The summed E-state index contributed by atoms with van der Waals surface area (Å²) in [4.78, 5) is 33.3. The number of thioether (sulfide) groups is 1. The molecular formula is C37H40F4N4O2S. The molecular weight excluding hydrogens is 640 g/mol. The van der Waals surface area contributed by atoms with Crippen molar-refractivity contribution in [3.8, 4) is 11.1 Å². The third-order valence-corrected chi connectivity index (χ3v) is 7.91. The molecule has 4 aromatic rings. The number of nitrogens with zero attached hydrogens (tertiary/aromatic N) is 4. The number of fused-ring (bicyclic) bond motifs is 1. The predicted octanol–water partition coefficient (Wildman–Crippen LogP) is 7.53. The molecule has 0 radical (unpaired) electrons. The van der Waals surface area contributed by atoms with Crippen LogP contribution in [0.5, 0.6) is 0 Å². The third-order valence-electron chi connectivity index (χ3n) is 6.90. The lowest BCUT2D eigenvalue weighted by molar-refractivity contribution is -0.138. The number of likely N-dealkylation sites (N-methyl/N-ethyl adjacent to an activating group) is 1. The van der Waals surface area contributed by atoms with Crippen LogP contribution < -0.4 is 5.56 Å². The number of amides is 1. The summed E-state index contributed by atoms with van der Waals surface area (Å²) in [6.07, 6.45) is -16.0. The molecule has 3 aromatic carbocycles. The van der Waals surface area contributed by atoms with Crippen molar-refractivity contribution in [1.82, 2.24) is 19.4 Å². The Bertz CT molecular complexity index is 2640. The molecule has 1 aliphatic rings. The van der Waals surface area contributed by atoms with Crippen LogP contribution in [0.1, 0.15) is 79.8 Å². The first-order valence-corrected chi connectivity index (χ1v) is 15.2. The van der Waals surface area contributed by atoms with Gasteiger partial charge in [-0.1, -0.05) is 74.0 Å². The van der Waals surface area contributed by atoms with Crippen LogP contribution in [-0.2, 0) is 42.5 Å². The molecule has 48 heavy (non-hydrogen) atoms. The number of benzene rings is 3. The van der Waals surface area contributed by atoms with Gasteiger partial charge in [0.15, 0.2) is 5.16 Å². The number of rotatable bonds is 13. The van der Waals surface area contributed by atoms with E-state index in [1.807, 2.05) is 0 Å². The zero-order chi connectivity index (χ0) is 51.3. The zero-order valence-corrected chi connectivity index (χ0v) is 26.5.